The summed E-state index contributed by atoms with van der Waals surface area (Å²) >= 11 is 1.43. The minimum Gasteiger partial charge on any atom is -0.351 e. The van der Waals surface area contributed by atoms with Crippen molar-refractivity contribution >= 4 is 17.7 Å². The number of nitrogens with zero attached hydrogens (tertiary/aromatic N) is 7. The second-order valence-electron chi connectivity index (χ2n) is 6.36. The van der Waals surface area contributed by atoms with Crippen molar-refractivity contribution in [2.45, 2.75) is 23.9 Å². The van der Waals surface area contributed by atoms with Crippen LogP contribution in [0.25, 0.3) is 5.69 Å². The fourth-order valence-electron chi connectivity index (χ4n) is 2.84. The van der Waals surface area contributed by atoms with Crippen molar-refractivity contribution in [1.82, 2.24) is 39.8 Å². The largest absolute Gasteiger partial charge is 0.351 e. The summed E-state index contributed by atoms with van der Waals surface area (Å²) < 4.78 is 3.66. The maximum absolute atomic E-state index is 12.8. The molecule has 0 atom stereocenters. The van der Waals surface area contributed by atoms with Crippen LogP contribution in [0.4, 0.5) is 0 Å². The molecule has 0 saturated heterocycles. The first kappa shape index (κ1) is 19.8. The van der Waals surface area contributed by atoms with Gasteiger partial charge >= 0.3 is 0 Å². The van der Waals surface area contributed by atoms with Crippen LogP contribution in [0, 0.1) is 0 Å². The highest BCUT2D eigenvalue weighted by molar-refractivity contribution is 7.98. The van der Waals surface area contributed by atoms with Crippen LogP contribution in [0.5, 0.6) is 0 Å². The molecule has 10 heteroatoms. The van der Waals surface area contributed by atoms with Gasteiger partial charge in [0.1, 0.15) is 0 Å². The highest BCUT2D eigenvalue weighted by Crippen LogP contribution is 2.22. The number of hydrogen-bond acceptors (Lipinski definition) is 7. The molecule has 152 valence electrons. The number of aryl methyl sites for hydroxylation is 1. The lowest BCUT2D eigenvalue weighted by molar-refractivity contribution is 0.0947. The van der Waals surface area contributed by atoms with Crippen molar-refractivity contribution in [3.05, 3.63) is 78.9 Å². The van der Waals surface area contributed by atoms with Gasteiger partial charge in [-0.05, 0) is 24.6 Å². The van der Waals surface area contributed by atoms with Crippen molar-refractivity contribution in [2.24, 2.45) is 0 Å². The van der Waals surface area contributed by atoms with E-state index in [1.807, 2.05) is 41.1 Å². The first-order valence-corrected chi connectivity index (χ1v) is 10.4. The van der Waals surface area contributed by atoms with E-state index < -0.39 is 0 Å². The van der Waals surface area contributed by atoms with E-state index in [4.69, 9.17) is 0 Å². The summed E-state index contributed by atoms with van der Waals surface area (Å²) in [5.41, 5.74) is 1.85. The third-order valence-electron chi connectivity index (χ3n) is 4.30. The maximum atomic E-state index is 12.8. The first-order valence-electron chi connectivity index (χ1n) is 9.45. The fraction of sp³-hybridized carbons (Fsp3) is 0.200. The molecule has 1 N–H and O–H groups in total. The predicted molar refractivity (Wildman–Crippen MR) is 112 cm³/mol. The molecule has 3 aromatic heterocycles. The summed E-state index contributed by atoms with van der Waals surface area (Å²) in [6.45, 7) is 1.31. The van der Waals surface area contributed by atoms with E-state index in [2.05, 4.69) is 30.6 Å². The van der Waals surface area contributed by atoms with Crippen molar-refractivity contribution in [2.75, 3.05) is 6.54 Å². The maximum Gasteiger partial charge on any atom is 0.273 e. The molecule has 4 aromatic rings. The highest BCUT2D eigenvalue weighted by atomic mass is 32.2. The summed E-state index contributed by atoms with van der Waals surface area (Å²) in [7, 11) is 0. The van der Waals surface area contributed by atoms with E-state index in [9.17, 15) is 4.79 Å². The summed E-state index contributed by atoms with van der Waals surface area (Å²) in [5.74, 6) is 0.219. The number of aromatic nitrogens is 7. The zero-order chi connectivity index (χ0) is 20.6. The summed E-state index contributed by atoms with van der Waals surface area (Å²) in [6, 6.07) is 11.4. The molecule has 0 spiro atoms. The van der Waals surface area contributed by atoms with E-state index in [1.54, 1.807) is 35.7 Å². The minimum atomic E-state index is -0.243. The van der Waals surface area contributed by atoms with Gasteiger partial charge in [0.15, 0.2) is 10.9 Å². The second-order valence-corrected chi connectivity index (χ2v) is 7.30. The number of nitrogens with one attached hydrogen (secondary N) is 1. The van der Waals surface area contributed by atoms with Crippen molar-refractivity contribution in [3.8, 4) is 5.69 Å². The Balaban J connectivity index is 1.48. The highest BCUT2D eigenvalue weighted by Gasteiger charge is 2.21. The zero-order valence-electron chi connectivity index (χ0n) is 16.1. The van der Waals surface area contributed by atoms with E-state index in [-0.39, 0.29) is 5.91 Å². The number of benzene rings is 1. The number of amides is 1. The van der Waals surface area contributed by atoms with Crippen LogP contribution in [0.2, 0.25) is 0 Å². The van der Waals surface area contributed by atoms with E-state index >= 15 is 0 Å². The van der Waals surface area contributed by atoms with Gasteiger partial charge in [0.05, 0.1) is 17.7 Å². The molecule has 0 aliphatic heterocycles. The molecule has 0 fully saturated rings. The van der Waals surface area contributed by atoms with Crippen LogP contribution in [0.1, 0.15) is 22.6 Å². The van der Waals surface area contributed by atoms with Crippen LogP contribution < -0.4 is 5.32 Å². The zero-order valence-corrected chi connectivity index (χ0v) is 16.9. The molecule has 3 heterocycles. The summed E-state index contributed by atoms with van der Waals surface area (Å²) in [6.07, 6.45) is 9.56. The molecule has 0 radical (unpaired) electrons. The van der Waals surface area contributed by atoms with E-state index in [0.29, 0.717) is 28.8 Å². The lowest BCUT2D eigenvalue weighted by atomic mass is 10.2. The van der Waals surface area contributed by atoms with Gasteiger partial charge in [-0.15, -0.1) is 5.10 Å². The third kappa shape index (κ3) is 4.90. The third-order valence-corrected chi connectivity index (χ3v) is 5.18. The molecule has 0 aliphatic rings. The molecular formula is C20H20N8OS. The number of hydrogen-bond donors (Lipinski definition) is 1. The lowest BCUT2D eigenvalue weighted by Gasteiger charge is -2.08. The second kappa shape index (κ2) is 9.79. The number of carbonyl (C=O) groups excluding carboxylic acids is 1. The van der Waals surface area contributed by atoms with Gasteiger partial charge in [-0.1, -0.05) is 35.2 Å². The van der Waals surface area contributed by atoms with Crippen LogP contribution in [-0.4, -0.2) is 47.0 Å². The van der Waals surface area contributed by atoms with Crippen molar-refractivity contribution in [3.63, 3.8) is 0 Å². The molecule has 0 aliphatic carbocycles. The molecule has 0 saturated carbocycles. The molecule has 4 rings (SSSR count). The number of rotatable bonds is 9. The Kier molecular flexibility index (Phi) is 6.45. The molecular weight excluding hydrogens is 400 g/mol. The van der Waals surface area contributed by atoms with Crippen LogP contribution in [-0.2, 0) is 12.3 Å². The van der Waals surface area contributed by atoms with Crippen LogP contribution in [0.15, 0.2) is 72.7 Å². The summed E-state index contributed by atoms with van der Waals surface area (Å²) in [4.78, 5) is 25.3. The monoisotopic (exact) mass is 420 g/mol. The molecule has 0 unspecified atom stereocenters. The smallest absolute Gasteiger partial charge is 0.273 e. The summed E-state index contributed by atoms with van der Waals surface area (Å²) in [5, 5.41) is 12.0. The molecule has 0 bridgehead atoms. The number of imidazole rings is 1. The van der Waals surface area contributed by atoms with Gasteiger partial charge in [-0.2, -0.15) is 0 Å². The van der Waals surface area contributed by atoms with Gasteiger partial charge in [-0.25, -0.2) is 19.6 Å². The SMILES string of the molecule is O=C(NCCCn1ccnc1)c1nnn(-c2ccccc2)c1CSc1ncccn1. The van der Waals surface area contributed by atoms with E-state index in [0.717, 1.165) is 18.7 Å². The van der Waals surface area contributed by atoms with Crippen LogP contribution in [0.3, 0.4) is 0 Å². The Morgan fingerprint density at radius 1 is 1.07 bits per heavy atom. The quantitative estimate of drug-likeness (QED) is 0.252. The average Bonchev–Trinajstić information content (AvgIpc) is 3.46. The molecule has 1 aromatic carbocycles. The minimum absolute atomic E-state index is 0.243. The Hall–Kier alpha value is -3.53. The normalized spacial score (nSPS) is 10.8. The number of thioether (sulfide) groups is 1. The standard InChI is InChI=1S/C20H20N8OS/c29-19(22-10-5-12-27-13-11-21-15-27)18-17(14-30-20-23-8-4-9-24-20)28(26-25-18)16-6-2-1-3-7-16/h1-4,6-9,11,13,15H,5,10,12,14H2,(H,22,29). The Labute approximate surface area is 177 Å². The Bertz CT molecular complexity index is 1070. The molecule has 1 amide bonds. The Morgan fingerprint density at radius 3 is 2.67 bits per heavy atom. The number of para-hydroxylation sites is 1. The topological polar surface area (TPSA) is 103 Å². The van der Waals surface area contributed by atoms with Gasteiger partial charge in [0.2, 0.25) is 0 Å². The van der Waals surface area contributed by atoms with Crippen molar-refractivity contribution in [1.29, 1.82) is 0 Å². The Morgan fingerprint density at radius 2 is 1.90 bits per heavy atom. The molecule has 30 heavy (non-hydrogen) atoms. The molecule has 9 nitrogen and oxygen atoms in total. The van der Waals surface area contributed by atoms with Crippen molar-refractivity contribution < 1.29 is 4.79 Å². The van der Waals surface area contributed by atoms with Gasteiger partial charge in [0, 0.05) is 43.6 Å². The number of carbonyl (C=O) groups is 1. The van der Waals surface area contributed by atoms with Gasteiger partial charge in [-0.3, -0.25) is 4.79 Å². The van der Waals surface area contributed by atoms with Gasteiger partial charge < -0.3 is 9.88 Å². The first-order chi connectivity index (χ1) is 14.8. The lowest BCUT2D eigenvalue weighted by Crippen LogP contribution is -2.26. The van der Waals surface area contributed by atoms with Crippen LogP contribution >= 0.6 is 11.8 Å². The van der Waals surface area contributed by atoms with Gasteiger partial charge in [0.25, 0.3) is 5.91 Å². The predicted octanol–water partition coefficient (Wildman–Crippen LogP) is 2.37. The van der Waals surface area contributed by atoms with E-state index in [1.165, 1.54) is 11.8 Å². The average molecular weight is 421 g/mol. The fourth-order valence-corrected chi connectivity index (χ4v) is 3.64.